The second kappa shape index (κ2) is 3.45. The van der Waals surface area contributed by atoms with E-state index in [4.69, 9.17) is 4.74 Å². The van der Waals surface area contributed by atoms with E-state index in [9.17, 15) is 13.2 Å². The summed E-state index contributed by atoms with van der Waals surface area (Å²) in [6.45, 7) is 2.16. The van der Waals surface area contributed by atoms with E-state index in [2.05, 4.69) is 11.3 Å². The van der Waals surface area contributed by atoms with Gasteiger partial charge in [0.15, 0.2) is 5.83 Å². The van der Waals surface area contributed by atoms with Gasteiger partial charge in [0.05, 0.1) is 13.2 Å². The van der Waals surface area contributed by atoms with Crippen molar-refractivity contribution in [1.82, 2.24) is 0 Å². The highest BCUT2D eigenvalue weighted by atomic mass is 19.3. The SMILES string of the molecule is C=C(F)C(F)(F)COCC1CO1. The monoisotopic (exact) mass is 182 g/mol. The van der Waals surface area contributed by atoms with Crippen LogP contribution in [0.25, 0.3) is 0 Å². The maximum Gasteiger partial charge on any atom is 0.320 e. The highest BCUT2D eigenvalue weighted by molar-refractivity contribution is 4.97. The van der Waals surface area contributed by atoms with E-state index >= 15 is 0 Å². The number of hydrogen-bond acceptors (Lipinski definition) is 2. The van der Waals surface area contributed by atoms with E-state index in [1.807, 2.05) is 0 Å². The Morgan fingerprint density at radius 1 is 1.67 bits per heavy atom. The lowest BCUT2D eigenvalue weighted by Gasteiger charge is -2.12. The number of epoxide rings is 1. The minimum Gasteiger partial charge on any atom is -0.372 e. The topological polar surface area (TPSA) is 21.8 Å². The van der Waals surface area contributed by atoms with E-state index in [-0.39, 0.29) is 12.7 Å². The van der Waals surface area contributed by atoms with Crippen molar-refractivity contribution in [2.24, 2.45) is 0 Å². The van der Waals surface area contributed by atoms with Gasteiger partial charge in [0, 0.05) is 0 Å². The molecule has 2 nitrogen and oxygen atoms in total. The van der Waals surface area contributed by atoms with Crippen LogP contribution < -0.4 is 0 Å². The molecule has 0 N–H and O–H groups in total. The zero-order valence-electron chi connectivity index (χ0n) is 6.36. The first-order chi connectivity index (χ1) is 5.52. The largest absolute Gasteiger partial charge is 0.372 e. The summed E-state index contributed by atoms with van der Waals surface area (Å²) in [6.07, 6.45) is -0.0892. The molecule has 12 heavy (non-hydrogen) atoms. The first kappa shape index (κ1) is 9.54. The van der Waals surface area contributed by atoms with Crippen LogP contribution in [0.1, 0.15) is 0 Å². The Balaban J connectivity index is 2.14. The van der Waals surface area contributed by atoms with E-state index in [1.165, 1.54) is 0 Å². The Morgan fingerprint density at radius 3 is 2.67 bits per heavy atom. The molecule has 70 valence electrons. The molecule has 1 heterocycles. The molecular formula is C7H9F3O2. The van der Waals surface area contributed by atoms with Crippen molar-refractivity contribution < 1.29 is 22.6 Å². The molecule has 0 aromatic heterocycles. The molecule has 0 radical (unpaired) electrons. The molecule has 0 aromatic rings. The van der Waals surface area contributed by atoms with Gasteiger partial charge in [-0.1, -0.05) is 6.58 Å². The number of rotatable bonds is 5. The Hall–Kier alpha value is -0.550. The average molecular weight is 182 g/mol. The van der Waals surface area contributed by atoms with Gasteiger partial charge >= 0.3 is 5.92 Å². The molecule has 5 heteroatoms. The predicted octanol–water partition coefficient (Wildman–Crippen LogP) is 1.52. The zero-order chi connectivity index (χ0) is 9.19. The summed E-state index contributed by atoms with van der Waals surface area (Å²) < 4.78 is 45.9. The van der Waals surface area contributed by atoms with Crippen LogP contribution in [0.3, 0.4) is 0 Å². The van der Waals surface area contributed by atoms with Crippen molar-refractivity contribution in [3.8, 4) is 0 Å². The lowest BCUT2D eigenvalue weighted by Crippen LogP contribution is -2.25. The average Bonchev–Trinajstić information content (AvgIpc) is 2.70. The maximum absolute atomic E-state index is 12.4. The van der Waals surface area contributed by atoms with Crippen LogP contribution in [0.5, 0.6) is 0 Å². The molecule has 1 aliphatic rings. The van der Waals surface area contributed by atoms with Crippen LogP contribution in [0.4, 0.5) is 13.2 Å². The molecule has 1 atom stereocenters. The fourth-order valence-electron chi connectivity index (χ4n) is 0.561. The van der Waals surface area contributed by atoms with Crippen LogP contribution in [0.2, 0.25) is 0 Å². The molecule has 0 amide bonds. The van der Waals surface area contributed by atoms with E-state index in [0.29, 0.717) is 6.61 Å². The zero-order valence-corrected chi connectivity index (χ0v) is 6.36. The van der Waals surface area contributed by atoms with Crippen LogP contribution >= 0.6 is 0 Å². The third-order valence-corrected chi connectivity index (χ3v) is 1.39. The summed E-state index contributed by atoms with van der Waals surface area (Å²) in [6, 6.07) is 0. The van der Waals surface area contributed by atoms with Gasteiger partial charge in [-0.25, -0.2) is 4.39 Å². The van der Waals surface area contributed by atoms with Gasteiger partial charge in [-0.05, 0) is 0 Å². The van der Waals surface area contributed by atoms with Gasteiger partial charge in [0.25, 0.3) is 0 Å². The Kier molecular flexibility index (Phi) is 2.74. The van der Waals surface area contributed by atoms with Crippen LogP contribution in [0, 0.1) is 0 Å². The number of hydrogen-bond donors (Lipinski definition) is 0. The number of alkyl halides is 2. The second-order valence-electron chi connectivity index (χ2n) is 2.58. The summed E-state index contributed by atoms with van der Waals surface area (Å²) >= 11 is 0. The first-order valence-electron chi connectivity index (χ1n) is 3.44. The minimum absolute atomic E-state index is 0.0862. The Labute approximate surface area is 68.0 Å². The van der Waals surface area contributed by atoms with Gasteiger partial charge in [0.2, 0.25) is 0 Å². The quantitative estimate of drug-likeness (QED) is 0.601. The van der Waals surface area contributed by atoms with Crippen molar-refractivity contribution in [2.75, 3.05) is 19.8 Å². The van der Waals surface area contributed by atoms with Gasteiger partial charge in [0.1, 0.15) is 12.7 Å². The van der Waals surface area contributed by atoms with Gasteiger partial charge in [-0.2, -0.15) is 8.78 Å². The summed E-state index contributed by atoms with van der Waals surface area (Å²) in [4.78, 5) is 0. The summed E-state index contributed by atoms with van der Waals surface area (Å²) in [5.41, 5.74) is 0. The van der Waals surface area contributed by atoms with Gasteiger partial charge in [-0.3, -0.25) is 0 Å². The van der Waals surface area contributed by atoms with Crippen LogP contribution in [-0.4, -0.2) is 31.8 Å². The molecule has 0 bridgehead atoms. The standard InChI is InChI=1S/C7H9F3O2/c1-5(8)7(9,10)4-11-2-6-3-12-6/h6H,1-4H2. The maximum atomic E-state index is 12.4. The highest BCUT2D eigenvalue weighted by Crippen LogP contribution is 2.24. The molecule has 1 fully saturated rings. The van der Waals surface area contributed by atoms with E-state index < -0.39 is 18.4 Å². The van der Waals surface area contributed by atoms with Crippen molar-refractivity contribution in [1.29, 1.82) is 0 Å². The Morgan fingerprint density at radius 2 is 2.25 bits per heavy atom. The summed E-state index contributed by atoms with van der Waals surface area (Å²) in [5, 5.41) is 0. The molecule has 0 aliphatic carbocycles. The van der Waals surface area contributed by atoms with Crippen LogP contribution in [-0.2, 0) is 9.47 Å². The van der Waals surface area contributed by atoms with Crippen molar-refractivity contribution in [2.45, 2.75) is 12.0 Å². The summed E-state index contributed by atoms with van der Waals surface area (Å²) in [5.74, 6) is -5.24. The fraction of sp³-hybridized carbons (Fsp3) is 0.714. The number of ether oxygens (including phenoxy) is 2. The molecular weight excluding hydrogens is 173 g/mol. The fourth-order valence-corrected chi connectivity index (χ4v) is 0.561. The second-order valence-corrected chi connectivity index (χ2v) is 2.58. The lowest BCUT2D eigenvalue weighted by molar-refractivity contribution is -0.0641. The van der Waals surface area contributed by atoms with Crippen LogP contribution in [0.15, 0.2) is 12.4 Å². The highest BCUT2D eigenvalue weighted by Gasteiger charge is 2.35. The van der Waals surface area contributed by atoms with Crippen molar-refractivity contribution in [3.63, 3.8) is 0 Å². The van der Waals surface area contributed by atoms with Gasteiger partial charge in [-0.15, -0.1) is 0 Å². The summed E-state index contributed by atoms with van der Waals surface area (Å²) in [7, 11) is 0. The molecule has 1 aliphatic heterocycles. The normalized spacial score (nSPS) is 22.4. The van der Waals surface area contributed by atoms with Crippen molar-refractivity contribution in [3.05, 3.63) is 12.4 Å². The molecule has 0 spiro atoms. The van der Waals surface area contributed by atoms with Crippen molar-refractivity contribution >= 4 is 0 Å². The van der Waals surface area contributed by atoms with E-state index in [1.54, 1.807) is 0 Å². The molecule has 1 saturated heterocycles. The third kappa shape index (κ3) is 2.83. The lowest BCUT2D eigenvalue weighted by atomic mass is 10.3. The first-order valence-corrected chi connectivity index (χ1v) is 3.44. The number of halogens is 3. The molecule has 1 rings (SSSR count). The third-order valence-electron chi connectivity index (χ3n) is 1.39. The van der Waals surface area contributed by atoms with Gasteiger partial charge < -0.3 is 9.47 Å². The predicted molar refractivity (Wildman–Crippen MR) is 35.8 cm³/mol. The molecule has 0 aromatic carbocycles. The molecule has 1 unspecified atom stereocenters. The molecule has 0 saturated carbocycles. The smallest absolute Gasteiger partial charge is 0.320 e. The van der Waals surface area contributed by atoms with E-state index in [0.717, 1.165) is 0 Å². The Bertz CT molecular complexity index is 177. The minimum atomic E-state index is -3.57.